The molecule has 0 radical (unpaired) electrons. The third-order valence-corrected chi connectivity index (χ3v) is 6.82. The molecular formula is C13H26N4O4S. The zero-order valence-corrected chi connectivity index (χ0v) is 13.9. The molecule has 8 nitrogen and oxygen atoms in total. The SMILES string of the molecule is CN1CCN([C@@H]2CN(S(=O)(=O)N3CCOCC3)C[C@H]2O)CC1. The normalized spacial score (nSPS) is 34.3. The predicted octanol–water partition coefficient (Wildman–Crippen LogP) is -2.14. The molecule has 3 rings (SSSR count). The van der Waals surface area contributed by atoms with Gasteiger partial charge in [-0.25, -0.2) is 0 Å². The fraction of sp³-hybridized carbons (Fsp3) is 1.00. The first-order chi connectivity index (χ1) is 10.5. The Morgan fingerprint density at radius 2 is 1.59 bits per heavy atom. The number of aliphatic hydroxyl groups excluding tert-OH is 1. The minimum atomic E-state index is -3.49. The van der Waals surface area contributed by atoms with E-state index in [1.165, 1.54) is 8.61 Å². The molecule has 0 aromatic carbocycles. The van der Waals surface area contributed by atoms with Gasteiger partial charge in [0.25, 0.3) is 10.2 Å². The molecule has 0 amide bonds. The highest BCUT2D eigenvalue weighted by Crippen LogP contribution is 2.23. The van der Waals surface area contributed by atoms with Crippen LogP contribution in [0, 0.1) is 0 Å². The van der Waals surface area contributed by atoms with E-state index in [9.17, 15) is 13.5 Å². The van der Waals surface area contributed by atoms with Crippen LogP contribution >= 0.6 is 0 Å². The first-order valence-electron chi connectivity index (χ1n) is 7.92. The van der Waals surface area contributed by atoms with E-state index in [0.29, 0.717) is 32.8 Å². The third kappa shape index (κ3) is 3.30. The summed E-state index contributed by atoms with van der Waals surface area (Å²) in [4.78, 5) is 4.47. The molecule has 128 valence electrons. The fourth-order valence-electron chi connectivity index (χ4n) is 3.38. The molecule has 0 unspecified atom stereocenters. The fourth-order valence-corrected chi connectivity index (χ4v) is 5.00. The number of ether oxygens (including phenoxy) is 1. The second-order valence-corrected chi connectivity index (χ2v) is 8.24. The van der Waals surface area contributed by atoms with E-state index in [2.05, 4.69) is 16.8 Å². The molecule has 2 atom stereocenters. The summed E-state index contributed by atoms with van der Waals surface area (Å²) < 4.78 is 33.5. The van der Waals surface area contributed by atoms with Crippen LogP contribution in [0.5, 0.6) is 0 Å². The molecule has 0 aliphatic carbocycles. The molecule has 3 fully saturated rings. The molecule has 0 saturated carbocycles. The lowest BCUT2D eigenvalue weighted by Crippen LogP contribution is -2.53. The molecule has 0 aromatic rings. The smallest absolute Gasteiger partial charge is 0.282 e. The summed E-state index contributed by atoms with van der Waals surface area (Å²) in [5.74, 6) is 0. The van der Waals surface area contributed by atoms with Crippen LogP contribution in [0.25, 0.3) is 0 Å². The summed E-state index contributed by atoms with van der Waals surface area (Å²) in [5.41, 5.74) is 0. The van der Waals surface area contributed by atoms with E-state index in [1.54, 1.807) is 0 Å². The van der Waals surface area contributed by atoms with Gasteiger partial charge in [0.05, 0.1) is 25.4 Å². The van der Waals surface area contributed by atoms with E-state index < -0.39 is 16.3 Å². The minimum absolute atomic E-state index is 0.0930. The van der Waals surface area contributed by atoms with Crippen LogP contribution in [0.3, 0.4) is 0 Å². The van der Waals surface area contributed by atoms with Crippen molar-refractivity contribution in [3.63, 3.8) is 0 Å². The number of nitrogens with zero attached hydrogens (tertiary/aromatic N) is 4. The molecule has 9 heteroatoms. The summed E-state index contributed by atoms with van der Waals surface area (Å²) in [6, 6.07) is -0.0930. The van der Waals surface area contributed by atoms with Gasteiger partial charge in [-0.05, 0) is 7.05 Å². The standard InChI is InChI=1S/C13H26N4O4S/c1-14-2-4-15(5-3-14)12-10-17(11-13(12)18)22(19,20)16-6-8-21-9-7-16/h12-13,18H,2-11H2,1H3/t12-,13-/m1/s1. The van der Waals surface area contributed by atoms with Gasteiger partial charge >= 0.3 is 0 Å². The number of hydrogen-bond donors (Lipinski definition) is 1. The average molecular weight is 334 g/mol. The maximum absolute atomic E-state index is 12.7. The molecule has 3 aliphatic heterocycles. The number of piperazine rings is 1. The van der Waals surface area contributed by atoms with E-state index in [-0.39, 0.29) is 12.6 Å². The zero-order chi connectivity index (χ0) is 15.7. The van der Waals surface area contributed by atoms with Gasteiger partial charge < -0.3 is 14.7 Å². The van der Waals surface area contributed by atoms with Gasteiger partial charge in [0, 0.05) is 52.4 Å². The number of hydrogen-bond acceptors (Lipinski definition) is 6. The molecular weight excluding hydrogens is 308 g/mol. The maximum atomic E-state index is 12.7. The third-order valence-electron chi connectivity index (χ3n) is 4.86. The quantitative estimate of drug-likeness (QED) is 0.635. The van der Waals surface area contributed by atoms with Crippen molar-refractivity contribution >= 4 is 10.2 Å². The van der Waals surface area contributed by atoms with Crippen molar-refractivity contribution in [2.24, 2.45) is 0 Å². The monoisotopic (exact) mass is 334 g/mol. The lowest BCUT2D eigenvalue weighted by molar-refractivity contribution is 0.0512. The van der Waals surface area contributed by atoms with Crippen molar-refractivity contribution in [3.8, 4) is 0 Å². The molecule has 3 saturated heterocycles. The molecule has 22 heavy (non-hydrogen) atoms. The van der Waals surface area contributed by atoms with Crippen molar-refractivity contribution in [3.05, 3.63) is 0 Å². The number of β-amino-alcohol motifs (C(OH)–C–C–N with tert-alkyl or cyclic N) is 1. The van der Waals surface area contributed by atoms with Crippen molar-refractivity contribution in [2.45, 2.75) is 12.1 Å². The van der Waals surface area contributed by atoms with Crippen LogP contribution < -0.4 is 0 Å². The van der Waals surface area contributed by atoms with Gasteiger partial charge in [-0.2, -0.15) is 17.0 Å². The minimum Gasteiger partial charge on any atom is -0.390 e. The second kappa shape index (κ2) is 6.68. The zero-order valence-electron chi connectivity index (χ0n) is 13.1. The molecule has 0 aromatic heterocycles. The summed E-state index contributed by atoms with van der Waals surface area (Å²) in [5, 5.41) is 10.3. The molecule has 3 heterocycles. The number of morpholine rings is 1. The Hall–Kier alpha value is -0.290. The van der Waals surface area contributed by atoms with Gasteiger partial charge in [0.15, 0.2) is 0 Å². The summed E-state index contributed by atoms with van der Waals surface area (Å²) in [6.45, 7) is 5.92. The largest absolute Gasteiger partial charge is 0.390 e. The van der Waals surface area contributed by atoms with Gasteiger partial charge in [-0.3, -0.25) is 4.90 Å². The Labute approximate surface area is 132 Å². The highest BCUT2D eigenvalue weighted by atomic mass is 32.2. The number of aliphatic hydroxyl groups is 1. The summed E-state index contributed by atoms with van der Waals surface area (Å²) in [7, 11) is -1.41. The van der Waals surface area contributed by atoms with Crippen LogP contribution in [-0.2, 0) is 14.9 Å². The predicted molar refractivity (Wildman–Crippen MR) is 81.7 cm³/mol. The van der Waals surface area contributed by atoms with Crippen molar-refractivity contribution < 1.29 is 18.3 Å². The van der Waals surface area contributed by atoms with Crippen LogP contribution in [0.4, 0.5) is 0 Å². The molecule has 0 spiro atoms. The van der Waals surface area contributed by atoms with Gasteiger partial charge in [0.1, 0.15) is 0 Å². The van der Waals surface area contributed by atoms with Crippen LogP contribution in [0.2, 0.25) is 0 Å². The topological polar surface area (TPSA) is 76.6 Å². The van der Waals surface area contributed by atoms with Gasteiger partial charge in [0.2, 0.25) is 0 Å². The maximum Gasteiger partial charge on any atom is 0.282 e. The van der Waals surface area contributed by atoms with E-state index in [4.69, 9.17) is 4.74 Å². The Morgan fingerprint density at radius 3 is 2.23 bits per heavy atom. The highest BCUT2D eigenvalue weighted by molar-refractivity contribution is 7.86. The Bertz CT molecular complexity index is 474. The lowest BCUT2D eigenvalue weighted by Gasteiger charge is -2.37. The van der Waals surface area contributed by atoms with E-state index in [0.717, 1.165) is 26.2 Å². The van der Waals surface area contributed by atoms with Crippen LogP contribution in [0.15, 0.2) is 0 Å². The summed E-state index contributed by atoms with van der Waals surface area (Å²) in [6.07, 6.45) is -0.612. The first-order valence-corrected chi connectivity index (χ1v) is 9.32. The van der Waals surface area contributed by atoms with Crippen LogP contribution in [0.1, 0.15) is 0 Å². The average Bonchev–Trinajstić information content (AvgIpc) is 2.92. The number of likely N-dealkylation sites (N-methyl/N-ethyl adjacent to an activating group) is 1. The van der Waals surface area contributed by atoms with Crippen LogP contribution in [-0.4, -0.2) is 117 Å². The Morgan fingerprint density at radius 1 is 0.955 bits per heavy atom. The Balaban J connectivity index is 1.64. The van der Waals surface area contributed by atoms with Gasteiger partial charge in [-0.15, -0.1) is 0 Å². The van der Waals surface area contributed by atoms with Crippen molar-refractivity contribution in [2.75, 3.05) is 72.6 Å². The second-order valence-electron chi connectivity index (χ2n) is 6.31. The van der Waals surface area contributed by atoms with Gasteiger partial charge in [-0.1, -0.05) is 0 Å². The highest BCUT2D eigenvalue weighted by Gasteiger charge is 2.43. The number of rotatable bonds is 3. The Kier molecular flexibility index (Phi) is 5.03. The molecule has 0 bridgehead atoms. The van der Waals surface area contributed by atoms with Crippen molar-refractivity contribution in [1.29, 1.82) is 0 Å². The van der Waals surface area contributed by atoms with E-state index in [1.807, 2.05) is 0 Å². The molecule has 3 aliphatic rings. The molecule has 1 N–H and O–H groups in total. The van der Waals surface area contributed by atoms with E-state index >= 15 is 0 Å². The lowest BCUT2D eigenvalue weighted by atomic mass is 10.1. The first kappa shape index (κ1) is 16.6. The van der Waals surface area contributed by atoms with Crippen molar-refractivity contribution in [1.82, 2.24) is 18.4 Å². The summed E-state index contributed by atoms with van der Waals surface area (Å²) >= 11 is 0.